The standard InChI is InChI=1S/C11H9FO/c1-7-5-6-10(13)11-8(7)3-2-4-9(11)12/h2-6,13H,1H3. The van der Waals surface area contributed by atoms with Crippen molar-refractivity contribution in [3.8, 4) is 5.75 Å². The molecule has 0 atom stereocenters. The topological polar surface area (TPSA) is 20.2 Å². The van der Waals surface area contributed by atoms with E-state index in [4.69, 9.17) is 0 Å². The number of aryl methyl sites for hydroxylation is 1. The highest BCUT2D eigenvalue weighted by Crippen LogP contribution is 2.29. The number of phenolic OH excluding ortho intramolecular Hbond substituents is 1. The summed E-state index contributed by atoms with van der Waals surface area (Å²) in [4.78, 5) is 0. The Kier molecular flexibility index (Phi) is 1.69. The van der Waals surface area contributed by atoms with E-state index in [1.807, 2.05) is 6.92 Å². The van der Waals surface area contributed by atoms with E-state index < -0.39 is 0 Å². The van der Waals surface area contributed by atoms with Crippen LogP contribution in [-0.4, -0.2) is 5.11 Å². The fourth-order valence-corrected chi connectivity index (χ4v) is 1.49. The zero-order valence-electron chi connectivity index (χ0n) is 7.21. The number of halogens is 1. The van der Waals surface area contributed by atoms with Crippen LogP contribution in [0.1, 0.15) is 5.56 Å². The molecule has 0 bridgehead atoms. The first-order valence-corrected chi connectivity index (χ1v) is 4.07. The van der Waals surface area contributed by atoms with Gasteiger partial charge in [0.15, 0.2) is 0 Å². The second kappa shape index (κ2) is 2.73. The van der Waals surface area contributed by atoms with Crippen LogP contribution in [0, 0.1) is 12.7 Å². The summed E-state index contributed by atoms with van der Waals surface area (Å²) in [6.07, 6.45) is 0. The maximum Gasteiger partial charge on any atom is 0.134 e. The van der Waals surface area contributed by atoms with Gasteiger partial charge in [-0.2, -0.15) is 0 Å². The Labute approximate surface area is 75.4 Å². The Hall–Kier alpha value is -1.57. The number of phenols is 1. The third kappa shape index (κ3) is 1.15. The molecule has 2 aromatic rings. The highest BCUT2D eigenvalue weighted by atomic mass is 19.1. The Morgan fingerprint density at radius 1 is 1.15 bits per heavy atom. The molecule has 0 saturated carbocycles. The van der Waals surface area contributed by atoms with Crippen LogP contribution in [-0.2, 0) is 0 Å². The second-order valence-corrected chi connectivity index (χ2v) is 3.06. The lowest BCUT2D eigenvalue weighted by atomic mass is 10.0. The van der Waals surface area contributed by atoms with Gasteiger partial charge >= 0.3 is 0 Å². The van der Waals surface area contributed by atoms with Gasteiger partial charge in [0.2, 0.25) is 0 Å². The summed E-state index contributed by atoms with van der Waals surface area (Å²) < 4.78 is 13.3. The van der Waals surface area contributed by atoms with Gasteiger partial charge in [0, 0.05) is 0 Å². The summed E-state index contributed by atoms with van der Waals surface area (Å²) in [7, 11) is 0. The molecular formula is C11H9FO. The van der Waals surface area contributed by atoms with E-state index in [2.05, 4.69) is 0 Å². The van der Waals surface area contributed by atoms with Gasteiger partial charge in [0.1, 0.15) is 11.6 Å². The van der Waals surface area contributed by atoms with Crippen LogP contribution in [0.4, 0.5) is 4.39 Å². The zero-order chi connectivity index (χ0) is 9.42. The summed E-state index contributed by atoms with van der Waals surface area (Å²) in [5.74, 6) is -0.377. The van der Waals surface area contributed by atoms with Crippen molar-refractivity contribution >= 4 is 10.8 Å². The van der Waals surface area contributed by atoms with Crippen molar-refractivity contribution in [3.63, 3.8) is 0 Å². The van der Waals surface area contributed by atoms with Gasteiger partial charge in [-0.3, -0.25) is 0 Å². The molecule has 1 N–H and O–H groups in total. The van der Waals surface area contributed by atoms with Gasteiger partial charge in [-0.1, -0.05) is 18.2 Å². The van der Waals surface area contributed by atoms with E-state index in [0.29, 0.717) is 5.39 Å². The molecule has 0 unspecified atom stereocenters. The van der Waals surface area contributed by atoms with Gasteiger partial charge in [0.05, 0.1) is 5.39 Å². The molecule has 2 aromatic carbocycles. The average molecular weight is 176 g/mol. The number of rotatable bonds is 0. The maximum absolute atomic E-state index is 13.3. The van der Waals surface area contributed by atoms with Crippen molar-refractivity contribution < 1.29 is 9.50 Å². The molecular weight excluding hydrogens is 167 g/mol. The van der Waals surface area contributed by atoms with Gasteiger partial charge in [-0.05, 0) is 30.0 Å². The summed E-state index contributed by atoms with van der Waals surface area (Å²) in [5, 5.41) is 10.5. The molecule has 0 spiro atoms. The van der Waals surface area contributed by atoms with Crippen molar-refractivity contribution in [2.45, 2.75) is 6.92 Å². The van der Waals surface area contributed by atoms with Crippen LogP contribution in [0.3, 0.4) is 0 Å². The van der Waals surface area contributed by atoms with Crippen molar-refractivity contribution in [1.29, 1.82) is 0 Å². The van der Waals surface area contributed by atoms with E-state index in [-0.39, 0.29) is 11.6 Å². The first kappa shape index (κ1) is 8.05. The normalized spacial score (nSPS) is 10.6. The number of aromatic hydroxyl groups is 1. The Balaban J connectivity index is 3.00. The Morgan fingerprint density at radius 2 is 1.92 bits per heavy atom. The maximum atomic E-state index is 13.3. The molecule has 0 amide bonds. The largest absolute Gasteiger partial charge is 0.507 e. The van der Waals surface area contributed by atoms with E-state index in [9.17, 15) is 9.50 Å². The van der Waals surface area contributed by atoms with Gasteiger partial charge in [0.25, 0.3) is 0 Å². The zero-order valence-corrected chi connectivity index (χ0v) is 7.21. The smallest absolute Gasteiger partial charge is 0.134 e. The SMILES string of the molecule is Cc1ccc(O)c2c(F)cccc12. The lowest BCUT2D eigenvalue weighted by Crippen LogP contribution is -1.83. The first-order chi connectivity index (χ1) is 6.20. The van der Waals surface area contributed by atoms with Crippen molar-refractivity contribution in [3.05, 3.63) is 41.7 Å². The summed E-state index contributed by atoms with van der Waals surface area (Å²) in [6, 6.07) is 8.08. The fraction of sp³-hybridized carbons (Fsp3) is 0.0909. The average Bonchev–Trinajstić information content (AvgIpc) is 2.12. The van der Waals surface area contributed by atoms with Crippen molar-refractivity contribution in [2.24, 2.45) is 0 Å². The molecule has 0 heterocycles. The molecule has 0 fully saturated rings. The first-order valence-electron chi connectivity index (χ1n) is 4.07. The van der Waals surface area contributed by atoms with Crippen LogP contribution >= 0.6 is 0 Å². The number of benzene rings is 2. The highest BCUT2D eigenvalue weighted by Gasteiger charge is 2.06. The quantitative estimate of drug-likeness (QED) is 0.654. The Bertz CT molecular complexity index is 455. The molecule has 1 nitrogen and oxygen atoms in total. The predicted molar refractivity (Wildman–Crippen MR) is 50.3 cm³/mol. The summed E-state index contributed by atoms with van der Waals surface area (Å²) in [6.45, 7) is 1.89. The lowest BCUT2D eigenvalue weighted by Gasteiger charge is -2.04. The molecule has 0 aromatic heterocycles. The molecule has 13 heavy (non-hydrogen) atoms. The molecule has 2 rings (SSSR count). The monoisotopic (exact) mass is 176 g/mol. The molecule has 0 radical (unpaired) electrons. The van der Waals surface area contributed by atoms with Crippen LogP contribution in [0.5, 0.6) is 5.75 Å². The highest BCUT2D eigenvalue weighted by molar-refractivity contribution is 5.91. The van der Waals surface area contributed by atoms with Gasteiger partial charge in [-0.25, -0.2) is 4.39 Å². The van der Waals surface area contributed by atoms with Gasteiger partial charge < -0.3 is 5.11 Å². The molecule has 2 heteroatoms. The third-order valence-electron chi connectivity index (χ3n) is 2.19. The minimum atomic E-state index is -0.376. The van der Waals surface area contributed by atoms with E-state index in [1.165, 1.54) is 12.1 Å². The molecule has 66 valence electrons. The van der Waals surface area contributed by atoms with Crippen molar-refractivity contribution in [2.75, 3.05) is 0 Å². The molecule has 0 aliphatic rings. The minimum Gasteiger partial charge on any atom is -0.507 e. The Morgan fingerprint density at radius 3 is 2.62 bits per heavy atom. The van der Waals surface area contributed by atoms with Crippen LogP contribution in [0.2, 0.25) is 0 Å². The fourth-order valence-electron chi connectivity index (χ4n) is 1.49. The number of hydrogen-bond acceptors (Lipinski definition) is 1. The number of fused-ring (bicyclic) bond motifs is 1. The van der Waals surface area contributed by atoms with Crippen LogP contribution in [0.25, 0.3) is 10.8 Å². The molecule has 0 aliphatic carbocycles. The van der Waals surface area contributed by atoms with Crippen molar-refractivity contribution in [1.82, 2.24) is 0 Å². The van der Waals surface area contributed by atoms with Crippen LogP contribution < -0.4 is 0 Å². The predicted octanol–water partition coefficient (Wildman–Crippen LogP) is 2.99. The summed E-state index contributed by atoms with van der Waals surface area (Å²) >= 11 is 0. The van der Waals surface area contributed by atoms with E-state index >= 15 is 0 Å². The van der Waals surface area contributed by atoms with Gasteiger partial charge in [-0.15, -0.1) is 0 Å². The minimum absolute atomic E-state index is 0.00120. The second-order valence-electron chi connectivity index (χ2n) is 3.06. The van der Waals surface area contributed by atoms with E-state index in [1.54, 1.807) is 18.2 Å². The third-order valence-corrected chi connectivity index (χ3v) is 2.19. The number of hydrogen-bond donors (Lipinski definition) is 1. The van der Waals surface area contributed by atoms with Crippen LogP contribution in [0.15, 0.2) is 30.3 Å². The van der Waals surface area contributed by atoms with E-state index in [0.717, 1.165) is 10.9 Å². The molecule has 0 saturated heterocycles. The molecule has 0 aliphatic heterocycles. The lowest BCUT2D eigenvalue weighted by molar-refractivity contribution is 0.478. The summed E-state index contributed by atoms with van der Waals surface area (Å²) in [5.41, 5.74) is 0.965.